The van der Waals surface area contributed by atoms with Crippen molar-refractivity contribution in [3.05, 3.63) is 65.2 Å². The first-order valence-electron chi connectivity index (χ1n) is 8.69. The summed E-state index contributed by atoms with van der Waals surface area (Å²) in [6.45, 7) is 6.26. The fraction of sp³-hybridized carbons (Fsp3) is 0.333. The maximum absolute atomic E-state index is 12.6. The second kappa shape index (κ2) is 9.04. The lowest BCUT2D eigenvalue weighted by atomic mass is 10.0. The van der Waals surface area contributed by atoms with Crippen molar-refractivity contribution in [3.63, 3.8) is 0 Å². The zero-order valence-electron chi connectivity index (χ0n) is 15.7. The number of benzene rings is 2. The molecule has 2 amide bonds. The van der Waals surface area contributed by atoms with Crippen molar-refractivity contribution in [1.29, 1.82) is 0 Å². The lowest BCUT2D eigenvalue weighted by Gasteiger charge is -2.22. The van der Waals surface area contributed by atoms with Gasteiger partial charge in [-0.1, -0.05) is 38.1 Å². The molecule has 5 nitrogen and oxygen atoms in total. The van der Waals surface area contributed by atoms with Crippen molar-refractivity contribution in [3.8, 4) is 5.75 Å². The van der Waals surface area contributed by atoms with Crippen molar-refractivity contribution in [2.45, 2.75) is 33.4 Å². The molecule has 5 heteroatoms. The van der Waals surface area contributed by atoms with Crippen molar-refractivity contribution in [1.82, 2.24) is 10.6 Å². The predicted octanol–water partition coefficient (Wildman–Crippen LogP) is 3.07. The van der Waals surface area contributed by atoms with E-state index in [1.54, 1.807) is 31.4 Å². The van der Waals surface area contributed by atoms with Crippen LogP contribution in [0.25, 0.3) is 0 Å². The van der Waals surface area contributed by atoms with Crippen molar-refractivity contribution in [2.24, 2.45) is 5.92 Å². The fourth-order valence-electron chi connectivity index (χ4n) is 2.60. The quantitative estimate of drug-likeness (QED) is 0.803. The standard InChI is InChI=1S/C21H26N2O3/c1-14(2)19(21(25)22-13-17-8-6-5-7-15(17)3)23-20(24)16-9-11-18(26-4)12-10-16/h5-12,14,19H,13H2,1-4H3,(H,22,25)(H,23,24). The molecule has 0 spiro atoms. The highest BCUT2D eigenvalue weighted by Gasteiger charge is 2.24. The summed E-state index contributed by atoms with van der Waals surface area (Å²) >= 11 is 0. The van der Waals surface area contributed by atoms with E-state index in [1.165, 1.54) is 0 Å². The van der Waals surface area contributed by atoms with Crippen LogP contribution in [0.2, 0.25) is 0 Å². The lowest BCUT2D eigenvalue weighted by molar-refractivity contribution is -0.124. The van der Waals surface area contributed by atoms with Crippen molar-refractivity contribution >= 4 is 11.8 Å². The van der Waals surface area contributed by atoms with E-state index in [9.17, 15) is 9.59 Å². The zero-order valence-corrected chi connectivity index (χ0v) is 15.7. The first-order chi connectivity index (χ1) is 12.4. The van der Waals surface area contributed by atoms with Crippen LogP contribution in [0, 0.1) is 12.8 Å². The molecule has 0 aliphatic rings. The monoisotopic (exact) mass is 354 g/mol. The number of hydrogen-bond donors (Lipinski definition) is 2. The number of nitrogens with one attached hydrogen (secondary N) is 2. The van der Waals surface area contributed by atoms with Crippen molar-refractivity contribution in [2.75, 3.05) is 7.11 Å². The molecule has 138 valence electrons. The Hall–Kier alpha value is -2.82. The van der Waals surface area contributed by atoms with E-state index in [4.69, 9.17) is 4.74 Å². The van der Waals surface area contributed by atoms with Crippen molar-refractivity contribution < 1.29 is 14.3 Å². The summed E-state index contributed by atoms with van der Waals surface area (Å²) in [5.41, 5.74) is 2.67. The van der Waals surface area contributed by atoms with Gasteiger partial charge in [0.2, 0.25) is 5.91 Å². The van der Waals surface area contributed by atoms with E-state index < -0.39 is 6.04 Å². The smallest absolute Gasteiger partial charge is 0.251 e. The maximum atomic E-state index is 12.6. The Bertz CT molecular complexity index is 754. The third-order valence-corrected chi connectivity index (χ3v) is 4.30. The number of carbonyl (C=O) groups excluding carboxylic acids is 2. The average molecular weight is 354 g/mol. The SMILES string of the molecule is COc1ccc(C(=O)NC(C(=O)NCc2ccccc2C)C(C)C)cc1. The molecule has 26 heavy (non-hydrogen) atoms. The first-order valence-corrected chi connectivity index (χ1v) is 8.69. The van der Waals surface area contributed by atoms with E-state index in [1.807, 2.05) is 45.0 Å². The highest BCUT2D eigenvalue weighted by Crippen LogP contribution is 2.12. The van der Waals surface area contributed by atoms with Gasteiger partial charge in [-0.15, -0.1) is 0 Å². The van der Waals surface area contributed by atoms with Gasteiger partial charge in [0.25, 0.3) is 5.91 Å². The molecule has 0 heterocycles. The normalized spacial score (nSPS) is 11.7. The summed E-state index contributed by atoms with van der Waals surface area (Å²) in [7, 11) is 1.57. The Morgan fingerprint density at radius 1 is 1.04 bits per heavy atom. The largest absolute Gasteiger partial charge is 0.497 e. The Balaban J connectivity index is 2.01. The lowest BCUT2D eigenvalue weighted by Crippen LogP contribution is -2.49. The van der Waals surface area contributed by atoms with Crippen LogP contribution in [0.3, 0.4) is 0 Å². The second-order valence-corrected chi connectivity index (χ2v) is 6.57. The van der Waals surface area contributed by atoms with Crippen LogP contribution >= 0.6 is 0 Å². The Morgan fingerprint density at radius 3 is 2.27 bits per heavy atom. The summed E-state index contributed by atoms with van der Waals surface area (Å²) in [6.07, 6.45) is 0. The van der Waals surface area contributed by atoms with Gasteiger partial charge in [-0.25, -0.2) is 0 Å². The summed E-state index contributed by atoms with van der Waals surface area (Å²) in [4.78, 5) is 25.1. The van der Waals surface area contributed by atoms with Crippen LogP contribution in [0.15, 0.2) is 48.5 Å². The second-order valence-electron chi connectivity index (χ2n) is 6.57. The molecule has 0 aromatic heterocycles. The number of ether oxygens (including phenoxy) is 1. The molecule has 0 aliphatic carbocycles. The molecule has 0 saturated carbocycles. The van der Waals surface area contributed by atoms with Gasteiger partial charge >= 0.3 is 0 Å². The highest BCUT2D eigenvalue weighted by molar-refractivity contribution is 5.97. The Labute approximate surface area is 154 Å². The summed E-state index contributed by atoms with van der Waals surface area (Å²) in [6, 6.07) is 14.1. The number of methoxy groups -OCH3 is 1. The molecular weight excluding hydrogens is 328 g/mol. The van der Waals surface area contributed by atoms with E-state index >= 15 is 0 Å². The van der Waals surface area contributed by atoms with E-state index in [2.05, 4.69) is 10.6 Å². The summed E-state index contributed by atoms with van der Waals surface area (Å²) < 4.78 is 5.09. The molecule has 0 aliphatic heterocycles. The van der Waals surface area contributed by atoms with Gasteiger partial charge < -0.3 is 15.4 Å². The molecule has 1 unspecified atom stereocenters. The minimum atomic E-state index is -0.603. The van der Waals surface area contributed by atoms with E-state index in [0.717, 1.165) is 11.1 Å². The van der Waals surface area contributed by atoms with Gasteiger partial charge in [0, 0.05) is 12.1 Å². The molecule has 2 rings (SSSR count). The summed E-state index contributed by atoms with van der Waals surface area (Å²) in [5, 5.41) is 5.75. The van der Waals surface area contributed by atoms with Gasteiger partial charge in [0.1, 0.15) is 11.8 Å². The molecular formula is C21H26N2O3. The first kappa shape index (κ1) is 19.5. The third kappa shape index (κ3) is 5.09. The molecule has 0 fully saturated rings. The van der Waals surface area contributed by atoms with Crippen LogP contribution < -0.4 is 15.4 Å². The molecule has 0 bridgehead atoms. The number of rotatable bonds is 7. The minimum Gasteiger partial charge on any atom is -0.497 e. The van der Waals surface area contributed by atoms with Gasteiger partial charge in [0.05, 0.1) is 7.11 Å². The topological polar surface area (TPSA) is 67.4 Å². The zero-order chi connectivity index (χ0) is 19.1. The molecule has 2 aromatic carbocycles. The number of hydrogen-bond acceptors (Lipinski definition) is 3. The average Bonchev–Trinajstić information content (AvgIpc) is 2.64. The van der Waals surface area contributed by atoms with Gasteiger partial charge in [-0.05, 0) is 48.2 Å². The Kier molecular flexibility index (Phi) is 6.78. The van der Waals surface area contributed by atoms with E-state index in [0.29, 0.717) is 17.9 Å². The van der Waals surface area contributed by atoms with Crippen LogP contribution in [-0.2, 0) is 11.3 Å². The number of aryl methyl sites for hydroxylation is 1. The predicted molar refractivity (Wildman–Crippen MR) is 102 cm³/mol. The molecule has 0 saturated heterocycles. The van der Waals surface area contributed by atoms with Crippen LogP contribution in [0.1, 0.15) is 35.3 Å². The molecule has 2 aromatic rings. The third-order valence-electron chi connectivity index (χ3n) is 4.30. The van der Waals surface area contributed by atoms with Gasteiger partial charge in [-0.2, -0.15) is 0 Å². The van der Waals surface area contributed by atoms with Gasteiger partial charge in [0.15, 0.2) is 0 Å². The van der Waals surface area contributed by atoms with Crippen LogP contribution in [0.4, 0.5) is 0 Å². The fourth-order valence-corrected chi connectivity index (χ4v) is 2.60. The Morgan fingerprint density at radius 2 is 1.69 bits per heavy atom. The van der Waals surface area contributed by atoms with E-state index in [-0.39, 0.29) is 17.7 Å². The number of amides is 2. The van der Waals surface area contributed by atoms with Crippen LogP contribution in [-0.4, -0.2) is 25.0 Å². The number of carbonyl (C=O) groups is 2. The minimum absolute atomic E-state index is 0.0333. The highest BCUT2D eigenvalue weighted by atomic mass is 16.5. The van der Waals surface area contributed by atoms with Gasteiger partial charge in [-0.3, -0.25) is 9.59 Å². The molecule has 0 radical (unpaired) electrons. The maximum Gasteiger partial charge on any atom is 0.251 e. The van der Waals surface area contributed by atoms with Crippen LogP contribution in [0.5, 0.6) is 5.75 Å². The summed E-state index contributed by atoms with van der Waals surface area (Å²) in [5.74, 6) is 0.175. The molecule has 1 atom stereocenters. The molecule has 2 N–H and O–H groups in total.